The molecule has 0 saturated heterocycles. The summed E-state index contributed by atoms with van der Waals surface area (Å²) in [5.74, 6) is -2.14. The monoisotopic (exact) mass is 508 g/mol. The molecule has 0 bridgehead atoms. The van der Waals surface area contributed by atoms with E-state index in [0.717, 1.165) is 12.1 Å². The topological polar surface area (TPSA) is 65.5 Å². The molecule has 1 aromatic carbocycles. The van der Waals surface area contributed by atoms with E-state index in [0.29, 0.717) is 0 Å². The maximum Gasteiger partial charge on any atom is 3.00 e. The zero-order chi connectivity index (χ0) is 16.7. The molecule has 3 rings (SSSR count). The number of nitrogens with zero attached hydrogens (tertiary/aromatic N) is 2. The molecule has 2 aliphatic heterocycles. The average Bonchev–Trinajstić information content (AvgIpc) is 2.57. The summed E-state index contributed by atoms with van der Waals surface area (Å²) in [7, 11) is 0. The molecule has 2 aliphatic rings. The molecule has 0 radical (unpaired) electrons. The van der Waals surface area contributed by atoms with E-state index >= 15 is 0 Å². The molecule has 1 N–H and O–H groups in total. The first-order chi connectivity index (χ1) is 11.1. The van der Waals surface area contributed by atoms with Crippen LogP contribution >= 0.6 is 0 Å². The summed E-state index contributed by atoms with van der Waals surface area (Å²) in [4.78, 5) is 10.2. The molecule has 0 spiro atoms. The van der Waals surface area contributed by atoms with E-state index in [4.69, 9.17) is 5.11 Å². The van der Waals surface area contributed by atoms with Crippen LogP contribution in [0.2, 0.25) is 0 Å². The molecule has 0 saturated carbocycles. The van der Waals surface area contributed by atoms with Gasteiger partial charge in [0.25, 0.3) is 5.97 Å². The molecule has 0 aromatic heterocycles. The quantitative estimate of drug-likeness (QED) is 0.612. The molecular weight excluding hydrogens is 494 g/mol. The van der Waals surface area contributed by atoms with Gasteiger partial charge in [-0.05, 0) is 0 Å². The fourth-order valence-electron chi connectivity index (χ4n) is 1.82. The summed E-state index contributed by atoms with van der Waals surface area (Å²) in [6, 6.07) is 3.44. The smallest absolute Gasteiger partial charge is 0.683 e. The third-order valence-corrected chi connectivity index (χ3v) is 2.91. The standard InChI is InChI=1S/C11H7F2N.C6H6NO2.Ir/c12-8-4-5-9(10(13)7-8)11-3-1-2-6-14-11;8-6(9)5-3-1-2-4-7-5;/h1-4,6-7,11H;1-5H,(H,8,9);/q-2;-1;+3. The van der Waals surface area contributed by atoms with Crippen molar-refractivity contribution in [1.29, 1.82) is 0 Å². The molecule has 1 aromatic rings. The van der Waals surface area contributed by atoms with Gasteiger partial charge in [-0.1, -0.05) is 42.5 Å². The van der Waals surface area contributed by atoms with Crippen molar-refractivity contribution >= 4 is 5.97 Å². The number of carboxylic acid groups (broad SMARTS) is 1. The van der Waals surface area contributed by atoms with Crippen LogP contribution in [0.15, 0.2) is 61.0 Å². The van der Waals surface area contributed by atoms with Crippen LogP contribution in [0.25, 0.3) is 10.6 Å². The van der Waals surface area contributed by atoms with E-state index in [-0.39, 0.29) is 31.7 Å². The fourth-order valence-corrected chi connectivity index (χ4v) is 1.82. The van der Waals surface area contributed by atoms with Gasteiger partial charge >= 0.3 is 20.1 Å². The van der Waals surface area contributed by atoms with Crippen LogP contribution in [0.3, 0.4) is 0 Å². The number of aliphatic carboxylic acids is 1. The van der Waals surface area contributed by atoms with Crippen LogP contribution in [0.5, 0.6) is 0 Å². The van der Waals surface area contributed by atoms with Crippen molar-refractivity contribution in [3.8, 4) is 0 Å². The Hall–Kier alpha value is -2.24. The van der Waals surface area contributed by atoms with Crippen LogP contribution < -0.4 is 0 Å². The molecule has 0 fully saturated rings. The van der Waals surface area contributed by atoms with E-state index < -0.39 is 23.6 Å². The van der Waals surface area contributed by atoms with E-state index in [2.05, 4.69) is 16.7 Å². The largest absolute Gasteiger partial charge is 3.00 e. The third kappa shape index (κ3) is 5.76. The van der Waals surface area contributed by atoms with Gasteiger partial charge in [0.05, 0.1) is 0 Å². The molecule has 126 valence electrons. The minimum atomic E-state index is -0.907. The minimum absolute atomic E-state index is 0. The van der Waals surface area contributed by atoms with Crippen molar-refractivity contribution < 1.29 is 38.8 Å². The number of allylic oxidation sites excluding steroid dienone is 4. The van der Waals surface area contributed by atoms with Gasteiger partial charge in [0.15, 0.2) is 0 Å². The number of rotatable bonds is 2. The second-order valence-corrected chi connectivity index (χ2v) is 4.56. The molecule has 24 heavy (non-hydrogen) atoms. The molecule has 4 nitrogen and oxygen atoms in total. The Bertz CT molecular complexity index is 687. The normalized spacial score (nSPS) is 20.1. The maximum absolute atomic E-state index is 13.2. The second-order valence-electron chi connectivity index (χ2n) is 4.56. The second kappa shape index (κ2) is 9.80. The van der Waals surface area contributed by atoms with Gasteiger partial charge in [0.1, 0.15) is 0 Å². The summed E-state index contributed by atoms with van der Waals surface area (Å²) in [5, 5.41) is 16.1. The van der Waals surface area contributed by atoms with E-state index in [1.165, 1.54) is 12.3 Å². The number of hydrogen-bond donors (Lipinski definition) is 1. The molecule has 2 unspecified atom stereocenters. The van der Waals surface area contributed by atoms with Crippen LogP contribution in [0.4, 0.5) is 8.78 Å². The summed E-state index contributed by atoms with van der Waals surface area (Å²) >= 11 is 0. The molecule has 7 heteroatoms. The summed E-state index contributed by atoms with van der Waals surface area (Å²) in [6.07, 6.45) is 13.2. The molecular formula is C17H13F2IrN2O2. The zero-order valence-corrected chi connectivity index (χ0v) is 14.7. The van der Waals surface area contributed by atoms with Crippen LogP contribution in [-0.4, -0.2) is 17.1 Å². The SMILES string of the molecule is Fc1c[c-]c(C2C=CC=C[N-]2)c(F)c1.O=C(O)C1C=CC=C[N-]1.[Ir+3]. The molecule has 2 heterocycles. The first kappa shape index (κ1) is 19.8. The Labute approximate surface area is 152 Å². The molecule has 2 atom stereocenters. The van der Waals surface area contributed by atoms with Crippen LogP contribution in [0.1, 0.15) is 11.6 Å². The van der Waals surface area contributed by atoms with E-state index in [9.17, 15) is 13.6 Å². The number of carbonyl (C=O) groups is 1. The molecule has 0 amide bonds. The summed E-state index contributed by atoms with van der Waals surface area (Å²) < 4.78 is 25.8. The maximum atomic E-state index is 13.2. The Balaban J connectivity index is 0.000000252. The zero-order valence-electron chi connectivity index (χ0n) is 12.3. The van der Waals surface area contributed by atoms with E-state index in [1.54, 1.807) is 36.6 Å². The Kier molecular flexibility index (Phi) is 8.09. The van der Waals surface area contributed by atoms with Crippen LogP contribution in [0, 0.1) is 17.7 Å². The van der Waals surface area contributed by atoms with E-state index in [1.807, 2.05) is 0 Å². The number of halogens is 2. The third-order valence-electron chi connectivity index (χ3n) is 2.91. The van der Waals surface area contributed by atoms with Crippen molar-refractivity contribution in [2.75, 3.05) is 0 Å². The Morgan fingerprint density at radius 1 is 1.08 bits per heavy atom. The number of carboxylic acids is 1. The molecule has 0 aliphatic carbocycles. The van der Waals surface area contributed by atoms with Gasteiger partial charge < -0.3 is 15.7 Å². The van der Waals surface area contributed by atoms with Gasteiger partial charge in [-0.3, -0.25) is 13.6 Å². The predicted octanol–water partition coefficient (Wildman–Crippen LogP) is 4.16. The van der Waals surface area contributed by atoms with Crippen LogP contribution in [-0.2, 0) is 24.9 Å². The first-order valence-corrected chi connectivity index (χ1v) is 6.74. The Morgan fingerprint density at radius 3 is 2.21 bits per heavy atom. The fraction of sp³-hybridized carbons (Fsp3) is 0.118. The van der Waals surface area contributed by atoms with Gasteiger partial charge in [-0.15, -0.1) is 17.7 Å². The van der Waals surface area contributed by atoms with Crippen molar-refractivity contribution in [2.24, 2.45) is 0 Å². The van der Waals surface area contributed by atoms with Gasteiger partial charge in [-0.2, -0.15) is 18.5 Å². The number of hydrogen-bond acceptors (Lipinski definition) is 1. The summed E-state index contributed by atoms with van der Waals surface area (Å²) in [6.45, 7) is 0. The minimum Gasteiger partial charge on any atom is -0.683 e. The van der Waals surface area contributed by atoms with Crippen molar-refractivity contribution in [3.63, 3.8) is 0 Å². The average molecular weight is 508 g/mol. The van der Waals surface area contributed by atoms with Gasteiger partial charge in [0.2, 0.25) is 0 Å². The Morgan fingerprint density at radius 2 is 1.75 bits per heavy atom. The predicted molar refractivity (Wildman–Crippen MR) is 82.6 cm³/mol. The van der Waals surface area contributed by atoms with Gasteiger partial charge in [-0.25, -0.2) is 0 Å². The summed E-state index contributed by atoms with van der Waals surface area (Å²) in [5.41, 5.74) is 0.270. The first-order valence-electron chi connectivity index (χ1n) is 6.74. The number of benzene rings is 1. The van der Waals surface area contributed by atoms with Crippen molar-refractivity contribution in [1.82, 2.24) is 0 Å². The van der Waals surface area contributed by atoms with Gasteiger partial charge in [0, 0.05) is 17.7 Å². The van der Waals surface area contributed by atoms with Crippen molar-refractivity contribution in [3.05, 3.63) is 94.9 Å². The van der Waals surface area contributed by atoms with Crippen molar-refractivity contribution in [2.45, 2.75) is 12.1 Å².